The molecule has 0 bridgehead atoms. The van der Waals surface area contributed by atoms with Crippen molar-refractivity contribution in [1.29, 1.82) is 5.41 Å². The van der Waals surface area contributed by atoms with E-state index in [1.54, 1.807) is 30.3 Å². The van der Waals surface area contributed by atoms with Crippen molar-refractivity contribution in [3.63, 3.8) is 0 Å². The summed E-state index contributed by atoms with van der Waals surface area (Å²) >= 11 is 0. The first-order valence-corrected chi connectivity index (χ1v) is 5.70. The molecule has 0 heterocycles. The van der Waals surface area contributed by atoms with Gasteiger partial charge in [0, 0.05) is 0 Å². The molecule has 0 amide bonds. The fourth-order valence-corrected chi connectivity index (χ4v) is 1.46. The summed E-state index contributed by atoms with van der Waals surface area (Å²) in [5, 5.41) is 15.7. The molecule has 0 aliphatic heterocycles. The third-order valence-electron chi connectivity index (χ3n) is 2.37. The molecule has 1 aromatic carbocycles. The van der Waals surface area contributed by atoms with Crippen LogP contribution in [0.5, 0.6) is 5.75 Å². The molecular weight excluding hydrogens is 245 g/mol. The smallest absolute Gasteiger partial charge is 0.386 e. The summed E-state index contributed by atoms with van der Waals surface area (Å²) < 4.78 is 9.94. The van der Waals surface area contributed by atoms with Gasteiger partial charge in [-0.3, -0.25) is 10.2 Å². The van der Waals surface area contributed by atoms with Crippen LogP contribution in [0.25, 0.3) is 0 Å². The maximum Gasteiger partial charge on any atom is 0.386 e. The number of carboxylic acids is 1. The second-order valence-corrected chi connectivity index (χ2v) is 3.78. The Morgan fingerprint density at radius 3 is 2.68 bits per heavy atom. The molecule has 0 saturated carbocycles. The number of rotatable bonds is 9. The van der Waals surface area contributed by atoms with Crippen LogP contribution in [0.3, 0.4) is 0 Å². The van der Waals surface area contributed by atoms with Crippen molar-refractivity contribution < 1.29 is 19.3 Å². The SMILES string of the molecule is C=CCOc1ccc(C[C@H]([B]OC=N)C(=O)O)cc1. The number of aliphatic carboxylic acids is 1. The number of benzene rings is 1. The van der Waals surface area contributed by atoms with Crippen LogP contribution >= 0.6 is 0 Å². The van der Waals surface area contributed by atoms with Gasteiger partial charge in [0.2, 0.25) is 0 Å². The lowest BCUT2D eigenvalue weighted by molar-refractivity contribution is -0.137. The molecule has 6 heteroatoms. The minimum absolute atomic E-state index is 0.297. The van der Waals surface area contributed by atoms with E-state index in [0.717, 1.165) is 13.0 Å². The van der Waals surface area contributed by atoms with Gasteiger partial charge >= 0.3 is 13.5 Å². The van der Waals surface area contributed by atoms with E-state index in [1.807, 2.05) is 0 Å². The molecule has 0 fully saturated rings. The zero-order valence-electron chi connectivity index (χ0n) is 10.4. The first-order chi connectivity index (χ1) is 9.17. The monoisotopic (exact) mass is 260 g/mol. The zero-order valence-corrected chi connectivity index (χ0v) is 10.4. The van der Waals surface area contributed by atoms with Crippen LogP contribution in [-0.2, 0) is 15.9 Å². The second-order valence-electron chi connectivity index (χ2n) is 3.78. The van der Waals surface area contributed by atoms with E-state index in [-0.39, 0.29) is 0 Å². The predicted molar refractivity (Wildman–Crippen MR) is 72.8 cm³/mol. The Labute approximate surface area is 112 Å². The molecule has 0 aliphatic rings. The van der Waals surface area contributed by atoms with Gasteiger partial charge in [0.15, 0.2) is 0 Å². The van der Waals surface area contributed by atoms with Gasteiger partial charge in [0.25, 0.3) is 0 Å². The van der Waals surface area contributed by atoms with Crippen LogP contribution in [0.15, 0.2) is 36.9 Å². The highest BCUT2D eigenvalue weighted by Gasteiger charge is 2.21. The number of hydrogen-bond donors (Lipinski definition) is 2. The number of hydrogen-bond acceptors (Lipinski definition) is 4. The van der Waals surface area contributed by atoms with Crippen LogP contribution in [0, 0.1) is 5.41 Å². The molecule has 0 spiro atoms. The van der Waals surface area contributed by atoms with Crippen LogP contribution in [0.2, 0.25) is 5.82 Å². The molecule has 0 aliphatic carbocycles. The Balaban J connectivity index is 2.61. The number of nitrogens with one attached hydrogen (secondary N) is 1. The second kappa shape index (κ2) is 7.97. The van der Waals surface area contributed by atoms with Gasteiger partial charge in [-0.2, -0.15) is 0 Å². The highest BCUT2D eigenvalue weighted by molar-refractivity contribution is 6.38. The quantitative estimate of drug-likeness (QED) is 0.307. The van der Waals surface area contributed by atoms with Gasteiger partial charge in [-0.1, -0.05) is 24.8 Å². The number of carbonyl (C=O) groups is 1. The van der Waals surface area contributed by atoms with Gasteiger partial charge in [0.05, 0.1) is 5.82 Å². The highest BCUT2D eigenvalue weighted by Crippen LogP contribution is 2.17. The highest BCUT2D eigenvalue weighted by atomic mass is 16.5. The predicted octanol–water partition coefficient (Wildman–Crippen LogP) is 1.91. The van der Waals surface area contributed by atoms with Crippen molar-refractivity contribution >= 4 is 19.9 Å². The average Bonchev–Trinajstić information content (AvgIpc) is 2.42. The average molecular weight is 260 g/mol. The van der Waals surface area contributed by atoms with E-state index in [2.05, 4.69) is 11.2 Å². The zero-order chi connectivity index (χ0) is 14.1. The molecule has 0 saturated heterocycles. The van der Waals surface area contributed by atoms with Gasteiger partial charge in [0.1, 0.15) is 18.8 Å². The molecule has 0 unspecified atom stereocenters. The lowest BCUT2D eigenvalue weighted by atomic mass is 9.76. The fraction of sp³-hybridized carbons (Fsp3) is 0.231. The molecule has 1 aromatic rings. The largest absolute Gasteiger partial charge is 0.555 e. The van der Waals surface area contributed by atoms with Crippen molar-refractivity contribution in [2.24, 2.45) is 0 Å². The Hall–Kier alpha value is -2.24. The van der Waals surface area contributed by atoms with E-state index in [0.29, 0.717) is 25.2 Å². The molecule has 1 atom stereocenters. The normalized spacial score (nSPS) is 11.2. The molecule has 19 heavy (non-hydrogen) atoms. The summed E-state index contributed by atoms with van der Waals surface area (Å²) in [5.74, 6) is -1.08. The summed E-state index contributed by atoms with van der Waals surface area (Å²) in [5.41, 5.74) is 0.850. The minimum atomic E-state index is -0.992. The maximum absolute atomic E-state index is 11.0. The Morgan fingerprint density at radius 1 is 1.47 bits per heavy atom. The fourth-order valence-electron chi connectivity index (χ4n) is 1.46. The van der Waals surface area contributed by atoms with Gasteiger partial charge in [-0.05, 0) is 24.1 Å². The third-order valence-corrected chi connectivity index (χ3v) is 2.37. The van der Waals surface area contributed by atoms with Crippen molar-refractivity contribution in [1.82, 2.24) is 0 Å². The van der Waals surface area contributed by atoms with E-state index in [9.17, 15) is 4.79 Å². The minimum Gasteiger partial charge on any atom is -0.555 e. The molecule has 5 nitrogen and oxygen atoms in total. The van der Waals surface area contributed by atoms with Crippen molar-refractivity contribution in [2.45, 2.75) is 12.2 Å². The maximum atomic E-state index is 11.0. The molecule has 0 aromatic heterocycles. The van der Waals surface area contributed by atoms with E-state index < -0.39 is 11.8 Å². The van der Waals surface area contributed by atoms with Gasteiger partial charge in [-0.15, -0.1) is 0 Å². The van der Waals surface area contributed by atoms with Crippen LogP contribution in [-0.4, -0.2) is 31.6 Å². The molecule has 99 valence electrons. The van der Waals surface area contributed by atoms with Gasteiger partial charge < -0.3 is 14.5 Å². The summed E-state index contributed by atoms with van der Waals surface area (Å²) in [7, 11) is 1.14. The van der Waals surface area contributed by atoms with Gasteiger partial charge in [-0.25, -0.2) is 0 Å². The number of ether oxygens (including phenoxy) is 1. The lowest BCUT2D eigenvalue weighted by Crippen LogP contribution is -2.19. The summed E-state index contributed by atoms with van der Waals surface area (Å²) in [6, 6.07) is 7.14. The van der Waals surface area contributed by atoms with Crippen molar-refractivity contribution in [3.05, 3.63) is 42.5 Å². The number of carboxylic acid groups (broad SMARTS) is 1. The van der Waals surface area contributed by atoms with E-state index in [1.165, 1.54) is 0 Å². The molecular formula is C13H15BNO4. The summed E-state index contributed by atoms with van der Waals surface area (Å²) in [6.45, 7) is 3.98. The first-order valence-electron chi connectivity index (χ1n) is 5.70. The Kier molecular flexibility index (Phi) is 6.22. The standard InChI is InChI=1S/C13H15BNO4/c1-2-7-18-11-5-3-10(4-6-11)8-12(13(16)17)14-19-9-15/h2-6,9,12,15H,1,7-8H2,(H,16,17)/t12-/m0/s1. The third kappa shape index (κ3) is 5.29. The topological polar surface area (TPSA) is 79.6 Å². The molecule has 1 rings (SSSR count). The van der Waals surface area contributed by atoms with Crippen LogP contribution in [0.1, 0.15) is 5.56 Å². The lowest BCUT2D eigenvalue weighted by Gasteiger charge is -2.10. The first kappa shape index (κ1) is 14.8. The van der Waals surface area contributed by atoms with Crippen LogP contribution < -0.4 is 4.74 Å². The van der Waals surface area contributed by atoms with Crippen LogP contribution in [0.4, 0.5) is 0 Å². The van der Waals surface area contributed by atoms with E-state index in [4.69, 9.17) is 15.3 Å². The molecule has 1 radical (unpaired) electrons. The Morgan fingerprint density at radius 2 is 2.16 bits per heavy atom. The summed E-state index contributed by atoms with van der Waals surface area (Å²) in [4.78, 5) is 11.0. The van der Waals surface area contributed by atoms with Crippen molar-refractivity contribution in [2.75, 3.05) is 6.61 Å². The Bertz CT molecular complexity index is 433. The summed E-state index contributed by atoms with van der Waals surface area (Å²) in [6.07, 6.45) is 2.64. The molecule has 2 N–H and O–H groups in total. The van der Waals surface area contributed by atoms with E-state index >= 15 is 0 Å². The van der Waals surface area contributed by atoms with Crippen molar-refractivity contribution in [3.8, 4) is 5.75 Å².